The lowest BCUT2D eigenvalue weighted by atomic mass is 10.4. The minimum Gasteiger partial charge on any atom is -0.156 e. The highest BCUT2D eigenvalue weighted by atomic mass is 15.2. The Kier molecular flexibility index (Phi) is 0.498. The van der Waals surface area contributed by atoms with Gasteiger partial charge < -0.3 is 0 Å². The zero-order valence-electron chi connectivity index (χ0n) is 3.94. The van der Waals surface area contributed by atoms with Crippen LogP contribution in [0.15, 0.2) is 44.3 Å². The van der Waals surface area contributed by atoms with Crippen LogP contribution in [-0.4, -0.2) is 0 Å². The number of nitrogens with zero attached hydrogens (tertiary/aromatic N) is 4. The molecule has 0 atom stereocenters. The first-order valence-corrected chi connectivity index (χ1v) is 2.19. The fraction of sp³-hybridized carbons (Fsp3) is 0. The molecule has 2 aliphatic heterocycles. The maximum absolute atomic E-state index is 3.70. The van der Waals surface area contributed by atoms with Gasteiger partial charge in [-0.1, -0.05) is 0 Å². The quantitative estimate of drug-likeness (QED) is 0.450. The van der Waals surface area contributed by atoms with Crippen molar-refractivity contribution in [2.24, 2.45) is 20.5 Å². The molecular weight excluding hydrogens is 104 g/mol. The second-order valence-corrected chi connectivity index (χ2v) is 1.46. The van der Waals surface area contributed by atoms with Crippen molar-refractivity contribution in [2.45, 2.75) is 0 Å². The third kappa shape index (κ3) is 0.294. The van der Waals surface area contributed by atoms with E-state index in [-0.39, 0.29) is 0 Å². The van der Waals surface area contributed by atoms with Crippen LogP contribution in [0.25, 0.3) is 0 Å². The maximum Gasteiger partial charge on any atom is 0.135 e. The molecule has 0 aromatic carbocycles. The van der Waals surface area contributed by atoms with Gasteiger partial charge in [-0.25, -0.2) is 0 Å². The molecule has 0 aliphatic carbocycles. The molecular formula is C4H2N4. The van der Waals surface area contributed by atoms with Gasteiger partial charge in [0, 0.05) is 0 Å². The Labute approximate surface area is 45.3 Å². The van der Waals surface area contributed by atoms with Gasteiger partial charge in [0.05, 0.1) is 12.4 Å². The van der Waals surface area contributed by atoms with Crippen molar-refractivity contribution in [3.63, 3.8) is 0 Å². The summed E-state index contributed by atoms with van der Waals surface area (Å²) in [4.78, 5) is 0. The number of azo groups is 2. The lowest BCUT2D eigenvalue weighted by Crippen LogP contribution is -1.66. The molecule has 0 saturated carbocycles. The molecule has 4 nitrogen and oxygen atoms in total. The molecule has 2 rings (SSSR count). The highest BCUT2D eigenvalue weighted by molar-refractivity contribution is 5.32. The first-order chi connectivity index (χ1) is 3.97. The number of rotatable bonds is 0. The van der Waals surface area contributed by atoms with Gasteiger partial charge in [0.15, 0.2) is 0 Å². The number of fused-ring (bicyclic) bond motifs is 1. The van der Waals surface area contributed by atoms with Crippen LogP contribution >= 0.6 is 0 Å². The van der Waals surface area contributed by atoms with E-state index >= 15 is 0 Å². The Morgan fingerprint density at radius 2 is 1.38 bits per heavy atom. The van der Waals surface area contributed by atoms with E-state index in [0.717, 1.165) is 11.4 Å². The van der Waals surface area contributed by atoms with Gasteiger partial charge in [-0.2, -0.15) is 10.2 Å². The number of hydrogen-bond donors (Lipinski definition) is 0. The summed E-state index contributed by atoms with van der Waals surface area (Å²) in [5.74, 6) is 0. The Balaban J connectivity index is 2.59. The summed E-state index contributed by atoms with van der Waals surface area (Å²) in [7, 11) is 0. The fourth-order valence-electron chi connectivity index (χ4n) is 0.578. The summed E-state index contributed by atoms with van der Waals surface area (Å²) in [5.41, 5.74) is 1.54. The average Bonchev–Trinajstić information content (AvgIpc) is 2.15. The van der Waals surface area contributed by atoms with Crippen molar-refractivity contribution >= 4 is 0 Å². The van der Waals surface area contributed by atoms with Gasteiger partial charge in [-0.3, -0.25) is 0 Å². The van der Waals surface area contributed by atoms with Crippen molar-refractivity contribution in [1.29, 1.82) is 0 Å². The summed E-state index contributed by atoms with van der Waals surface area (Å²) in [5, 5.41) is 14.6. The van der Waals surface area contributed by atoms with E-state index in [2.05, 4.69) is 20.5 Å². The molecule has 0 bridgehead atoms. The highest BCUT2D eigenvalue weighted by Gasteiger charge is 2.11. The van der Waals surface area contributed by atoms with E-state index in [9.17, 15) is 0 Å². The van der Waals surface area contributed by atoms with Crippen LogP contribution in [0.2, 0.25) is 0 Å². The molecule has 2 heterocycles. The Bertz CT molecular complexity index is 206. The largest absolute Gasteiger partial charge is 0.156 e. The summed E-state index contributed by atoms with van der Waals surface area (Å²) in [6, 6.07) is 0. The second-order valence-electron chi connectivity index (χ2n) is 1.46. The fourth-order valence-corrected chi connectivity index (χ4v) is 0.578. The van der Waals surface area contributed by atoms with Crippen LogP contribution in [0.3, 0.4) is 0 Å². The third-order valence-corrected chi connectivity index (χ3v) is 0.953. The molecule has 0 fully saturated rings. The van der Waals surface area contributed by atoms with Crippen molar-refractivity contribution in [1.82, 2.24) is 0 Å². The highest BCUT2D eigenvalue weighted by Crippen LogP contribution is 2.24. The lowest BCUT2D eigenvalue weighted by molar-refractivity contribution is 1.22. The predicted octanol–water partition coefficient (Wildman–Crippen LogP) is 1.60. The molecule has 0 N–H and O–H groups in total. The molecule has 0 saturated heterocycles. The molecule has 0 unspecified atom stereocenters. The van der Waals surface area contributed by atoms with Crippen molar-refractivity contribution in [3.8, 4) is 0 Å². The van der Waals surface area contributed by atoms with E-state index in [1.807, 2.05) is 0 Å². The minimum absolute atomic E-state index is 0.769. The van der Waals surface area contributed by atoms with Crippen LogP contribution < -0.4 is 0 Å². The van der Waals surface area contributed by atoms with Crippen molar-refractivity contribution in [2.75, 3.05) is 0 Å². The first-order valence-electron chi connectivity index (χ1n) is 2.19. The van der Waals surface area contributed by atoms with Gasteiger partial charge in [0.25, 0.3) is 0 Å². The SMILES string of the molecule is C1=C2N=NC=C2N=N1. The van der Waals surface area contributed by atoms with Crippen molar-refractivity contribution < 1.29 is 0 Å². The molecule has 0 radical (unpaired) electrons. The van der Waals surface area contributed by atoms with Crippen LogP contribution in [0.5, 0.6) is 0 Å². The van der Waals surface area contributed by atoms with E-state index in [1.165, 1.54) is 0 Å². The van der Waals surface area contributed by atoms with Gasteiger partial charge in [0.2, 0.25) is 0 Å². The van der Waals surface area contributed by atoms with Gasteiger partial charge in [-0.15, -0.1) is 10.2 Å². The summed E-state index contributed by atoms with van der Waals surface area (Å²) in [6.45, 7) is 0. The summed E-state index contributed by atoms with van der Waals surface area (Å²) < 4.78 is 0. The third-order valence-electron chi connectivity index (χ3n) is 0.953. The molecule has 8 heavy (non-hydrogen) atoms. The molecule has 38 valence electrons. The molecule has 2 aliphatic rings. The van der Waals surface area contributed by atoms with E-state index < -0.39 is 0 Å². The Morgan fingerprint density at radius 1 is 0.875 bits per heavy atom. The second kappa shape index (κ2) is 1.09. The van der Waals surface area contributed by atoms with Gasteiger partial charge in [-0.05, 0) is 0 Å². The Morgan fingerprint density at radius 3 is 1.88 bits per heavy atom. The average molecular weight is 106 g/mol. The van der Waals surface area contributed by atoms with E-state index in [4.69, 9.17) is 0 Å². The number of hydrogen-bond acceptors (Lipinski definition) is 4. The molecule has 0 aromatic rings. The minimum atomic E-state index is 0.769. The summed E-state index contributed by atoms with van der Waals surface area (Å²) in [6.07, 6.45) is 3.17. The lowest BCUT2D eigenvalue weighted by Gasteiger charge is -1.76. The first kappa shape index (κ1) is 3.65. The zero-order chi connectivity index (χ0) is 5.40. The molecule has 0 amide bonds. The topological polar surface area (TPSA) is 49.4 Å². The van der Waals surface area contributed by atoms with Gasteiger partial charge in [0.1, 0.15) is 11.4 Å². The van der Waals surface area contributed by atoms with Crippen LogP contribution in [-0.2, 0) is 0 Å². The van der Waals surface area contributed by atoms with Crippen LogP contribution in [0, 0.1) is 0 Å². The zero-order valence-corrected chi connectivity index (χ0v) is 3.94. The van der Waals surface area contributed by atoms with E-state index in [1.54, 1.807) is 12.4 Å². The smallest absolute Gasteiger partial charge is 0.135 e. The standard InChI is InChI=1S/C4H2N4/c1-3-4(8-5-1)2-6-7-3/h1-2H. The normalized spacial score (nSPS) is 21.0. The van der Waals surface area contributed by atoms with Crippen molar-refractivity contribution in [3.05, 3.63) is 23.8 Å². The van der Waals surface area contributed by atoms with Crippen LogP contribution in [0.4, 0.5) is 0 Å². The van der Waals surface area contributed by atoms with Gasteiger partial charge >= 0.3 is 0 Å². The maximum atomic E-state index is 3.70. The predicted molar refractivity (Wildman–Crippen MR) is 25.9 cm³/mol. The molecule has 4 heteroatoms. The Hall–Kier alpha value is -1.32. The monoisotopic (exact) mass is 106 g/mol. The molecule has 0 spiro atoms. The summed E-state index contributed by atoms with van der Waals surface area (Å²) >= 11 is 0. The molecule has 0 aromatic heterocycles. The van der Waals surface area contributed by atoms with Crippen LogP contribution in [0.1, 0.15) is 0 Å². The van der Waals surface area contributed by atoms with E-state index in [0.29, 0.717) is 0 Å².